The number of ether oxygens (including phenoxy) is 1. The molecule has 0 radical (unpaired) electrons. The van der Waals surface area contributed by atoms with E-state index in [4.69, 9.17) is 9.26 Å². The SMILES string of the molecule is Cc1cccc(OCc2c(C(=O)Nc3ccc(C(C)C)cc3)noc2C)c1. The fraction of sp³-hybridized carbons (Fsp3) is 0.273. The molecule has 140 valence electrons. The highest BCUT2D eigenvalue weighted by Crippen LogP contribution is 2.21. The first kappa shape index (κ1) is 18.7. The zero-order valence-electron chi connectivity index (χ0n) is 16.1. The second kappa shape index (κ2) is 8.08. The zero-order chi connectivity index (χ0) is 19.4. The molecule has 0 aliphatic heterocycles. The van der Waals surface area contributed by atoms with Crippen molar-refractivity contribution < 1.29 is 14.1 Å². The number of rotatable bonds is 6. The summed E-state index contributed by atoms with van der Waals surface area (Å²) in [4.78, 5) is 12.6. The predicted molar refractivity (Wildman–Crippen MR) is 105 cm³/mol. The van der Waals surface area contributed by atoms with E-state index in [0.29, 0.717) is 17.2 Å². The number of hydrogen-bond donors (Lipinski definition) is 1. The van der Waals surface area contributed by atoms with Gasteiger partial charge in [0.2, 0.25) is 0 Å². The molecule has 27 heavy (non-hydrogen) atoms. The number of carbonyl (C=O) groups excluding carboxylic acids is 1. The van der Waals surface area contributed by atoms with Crippen LogP contribution in [-0.4, -0.2) is 11.1 Å². The summed E-state index contributed by atoms with van der Waals surface area (Å²) in [5, 5.41) is 6.79. The number of nitrogens with one attached hydrogen (secondary N) is 1. The molecule has 2 aromatic carbocycles. The number of carbonyl (C=O) groups is 1. The minimum Gasteiger partial charge on any atom is -0.489 e. The summed E-state index contributed by atoms with van der Waals surface area (Å²) in [6.07, 6.45) is 0. The number of amides is 1. The second-order valence-electron chi connectivity index (χ2n) is 6.90. The van der Waals surface area contributed by atoms with Crippen molar-refractivity contribution in [3.8, 4) is 5.75 Å². The van der Waals surface area contributed by atoms with Crippen LogP contribution in [0.2, 0.25) is 0 Å². The molecule has 1 aromatic heterocycles. The molecule has 0 bridgehead atoms. The van der Waals surface area contributed by atoms with E-state index in [2.05, 4.69) is 24.3 Å². The molecular formula is C22H24N2O3. The molecular weight excluding hydrogens is 340 g/mol. The maximum absolute atomic E-state index is 12.6. The van der Waals surface area contributed by atoms with Crippen LogP contribution in [0, 0.1) is 13.8 Å². The van der Waals surface area contributed by atoms with Crippen LogP contribution in [0.1, 0.15) is 52.7 Å². The molecule has 5 heteroatoms. The van der Waals surface area contributed by atoms with Crippen molar-refractivity contribution in [2.24, 2.45) is 0 Å². The van der Waals surface area contributed by atoms with Crippen LogP contribution in [0.15, 0.2) is 53.1 Å². The summed E-state index contributed by atoms with van der Waals surface area (Å²) in [7, 11) is 0. The summed E-state index contributed by atoms with van der Waals surface area (Å²) in [5.74, 6) is 1.44. The Balaban J connectivity index is 1.72. The Kier molecular flexibility index (Phi) is 5.60. The molecule has 0 saturated carbocycles. The van der Waals surface area contributed by atoms with E-state index < -0.39 is 0 Å². The summed E-state index contributed by atoms with van der Waals surface area (Å²) >= 11 is 0. The van der Waals surface area contributed by atoms with Crippen LogP contribution in [0.25, 0.3) is 0 Å². The van der Waals surface area contributed by atoms with Gasteiger partial charge in [-0.1, -0.05) is 43.3 Å². The Morgan fingerprint density at radius 3 is 2.56 bits per heavy atom. The van der Waals surface area contributed by atoms with Crippen LogP contribution in [-0.2, 0) is 6.61 Å². The lowest BCUT2D eigenvalue weighted by Gasteiger charge is -2.09. The number of anilines is 1. The molecule has 5 nitrogen and oxygen atoms in total. The van der Waals surface area contributed by atoms with Crippen molar-refractivity contribution in [1.29, 1.82) is 0 Å². The number of hydrogen-bond acceptors (Lipinski definition) is 4. The lowest BCUT2D eigenvalue weighted by molar-refractivity contribution is 0.101. The fourth-order valence-electron chi connectivity index (χ4n) is 2.74. The van der Waals surface area contributed by atoms with Gasteiger partial charge in [-0.15, -0.1) is 0 Å². The average Bonchev–Trinajstić information content (AvgIpc) is 3.01. The third-order valence-corrected chi connectivity index (χ3v) is 4.41. The highest BCUT2D eigenvalue weighted by Gasteiger charge is 2.20. The lowest BCUT2D eigenvalue weighted by Crippen LogP contribution is -2.15. The zero-order valence-corrected chi connectivity index (χ0v) is 16.1. The molecule has 0 unspecified atom stereocenters. The number of aromatic nitrogens is 1. The Bertz CT molecular complexity index is 927. The van der Waals surface area contributed by atoms with Crippen molar-refractivity contribution in [3.63, 3.8) is 0 Å². The van der Waals surface area contributed by atoms with E-state index in [0.717, 1.165) is 17.0 Å². The van der Waals surface area contributed by atoms with Crippen LogP contribution in [0.5, 0.6) is 5.75 Å². The summed E-state index contributed by atoms with van der Waals surface area (Å²) < 4.78 is 11.0. The first-order valence-corrected chi connectivity index (χ1v) is 9.00. The highest BCUT2D eigenvalue weighted by atomic mass is 16.5. The molecule has 0 fully saturated rings. The molecule has 1 N–H and O–H groups in total. The first-order chi connectivity index (χ1) is 12.9. The van der Waals surface area contributed by atoms with Crippen molar-refractivity contribution in [1.82, 2.24) is 5.16 Å². The van der Waals surface area contributed by atoms with E-state index in [1.54, 1.807) is 6.92 Å². The monoisotopic (exact) mass is 364 g/mol. The second-order valence-corrected chi connectivity index (χ2v) is 6.90. The maximum Gasteiger partial charge on any atom is 0.278 e. The molecule has 0 spiro atoms. The Morgan fingerprint density at radius 1 is 1.15 bits per heavy atom. The Hall–Kier alpha value is -3.08. The third-order valence-electron chi connectivity index (χ3n) is 4.41. The van der Waals surface area contributed by atoms with E-state index in [9.17, 15) is 4.79 Å². The minimum absolute atomic E-state index is 0.216. The molecule has 1 heterocycles. The quantitative estimate of drug-likeness (QED) is 0.649. The molecule has 3 rings (SSSR count). The predicted octanol–water partition coefficient (Wildman–Crippen LogP) is 5.25. The Labute approximate surface area is 159 Å². The normalized spacial score (nSPS) is 10.9. The molecule has 1 amide bonds. The van der Waals surface area contributed by atoms with Crippen molar-refractivity contribution >= 4 is 11.6 Å². The summed E-state index contributed by atoms with van der Waals surface area (Å²) in [6.45, 7) is 8.25. The van der Waals surface area contributed by atoms with Gasteiger partial charge in [0, 0.05) is 5.69 Å². The van der Waals surface area contributed by atoms with E-state index in [-0.39, 0.29) is 18.2 Å². The van der Waals surface area contributed by atoms with Gasteiger partial charge < -0.3 is 14.6 Å². The van der Waals surface area contributed by atoms with Crippen LogP contribution in [0.4, 0.5) is 5.69 Å². The Morgan fingerprint density at radius 2 is 1.89 bits per heavy atom. The largest absolute Gasteiger partial charge is 0.489 e. The molecule has 0 saturated heterocycles. The van der Waals surface area contributed by atoms with Crippen LogP contribution >= 0.6 is 0 Å². The summed E-state index contributed by atoms with van der Waals surface area (Å²) in [6, 6.07) is 15.6. The van der Waals surface area contributed by atoms with Crippen LogP contribution < -0.4 is 10.1 Å². The van der Waals surface area contributed by atoms with E-state index >= 15 is 0 Å². The standard InChI is InChI=1S/C22H24N2O3/c1-14(2)17-8-10-18(11-9-17)23-22(25)21-20(16(4)27-24-21)13-26-19-7-5-6-15(3)12-19/h5-12,14H,13H2,1-4H3,(H,23,25). The molecule has 0 atom stereocenters. The van der Waals surface area contributed by atoms with Gasteiger partial charge in [0.05, 0.1) is 5.56 Å². The van der Waals surface area contributed by atoms with Gasteiger partial charge in [0.1, 0.15) is 18.1 Å². The van der Waals surface area contributed by atoms with Gasteiger partial charge in [-0.2, -0.15) is 0 Å². The first-order valence-electron chi connectivity index (χ1n) is 9.00. The van der Waals surface area contributed by atoms with Gasteiger partial charge in [0.25, 0.3) is 5.91 Å². The smallest absolute Gasteiger partial charge is 0.278 e. The fourth-order valence-corrected chi connectivity index (χ4v) is 2.74. The van der Waals surface area contributed by atoms with Crippen molar-refractivity contribution in [2.45, 2.75) is 40.2 Å². The van der Waals surface area contributed by atoms with Gasteiger partial charge in [-0.3, -0.25) is 4.79 Å². The van der Waals surface area contributed by atoms with E-state index in [1.165, 1.54) is 5.56 Å². The van der Waals surface area contributed by atoms with Crippen molar-refractivity contribution in [3.05, 3.63) is 76.7 Å². The molecule has 3 aromatic rings. The number of nitrogens with zero attached hydrogens (tertiary/aromatic N) is 1. The summed E-state index contributed by atoms with van der Waals surface area (Å²) in [5.41, 5.74) is 3.94. The highest BCUT2D eigenvalue weighted by molar-refractivity contribution is 6.03. The number of aryl methyl sites for hydroxylation is 2. The van der Waals surface area contributed by atoms with Gasteiger partial charge in [-0.25, -0.2) is 0 Å². The van der Waals surface area contributed by atoms with Gasteiger partial charge in [-0.05, 0) is 55.2 Å². The average molecular weight is 364 g/mol. The third kappa shape index (κ3) is 4.56. The van der Waals surface area contributed by atoms with Gasteiger partial charge >= 0.3 is 0 Å². The molecule has 0 aliphatic carbocycles. The van der Waals surface area contributed by atoms with Crippen molar-refractivity contribution in [2.75, 3.05) is 5.32 Å². The van der Waals surface area contributed by atoms with E-state index in [1.807, 2.05) is 55.5 Å². The van der Waals surface area contributed by atoms with Gasteiger partial charge in [0.15, 0.2) is 5.69 Å². The van der Waals surface area contributed by atoms with Crippen LogP contribution in [0.3, 0.4) is 0 Å². The number of benzene rings is 2. The topological polar surface area (TPSA) is 64.4 Å². The minimum atomic E-state index is -0.313. The molecule has 0 aliphatic rings. The lowest BCUT2D eigenvalue weighted by atomic mass is 10.0. The maximum atomic E-state index is 12.6.